The minimum absolute atomic E-state index is 0.0744. The summed E-state index contributed by atoms with van der Waals surface area (Å²) in [5.41, 5.74) is 3.57. The van der Waals surface area contributed by atoms with Crippen LogP contribution in [0.5, 0.6) is 0 Å². The Morgan fingerprint density at radius 2 is 2.00 bits per heavy atom. The fraction of sp³-hybridized carbons (Fsp3) is 0.444. The number of nitrogens with zero attached hydrogens (tertiary/aromatic N) is 5. The summed E-state index contributed by atoms with van der Waals surface area (Å²) in [5.74, 6) is 0.490. The lowest BCUT2D eigenvalue weighted by Crippen LogP contribution is -2.37. The predicted octanol–water partition coefficient (Wildman–Crippen LogP) is 2.76. The van der Waals surface area contributed by atoms with E-state index in [9.17, 15) is 4.79 Å². The lowest BCUT2D eigenvalue weighted by atomic mass is 9.93. The minimum atomic E-state index is 0.0744. The van der Waals surface area contributed by atoms with Crippen LogP contribution in [0.3, 0.4) is 0 Å². The van der Waals surface area contributed by atoms with Crippen molar-refractivity contribution in [3.8, 4) is 0 Å². The molecular weight excluding hydrogens is 316 g/mol. The largest absolute Gasteiger partial charge is 0.342 e. The summed E-state index contributed by atoms with van der Waals surface area (Å²) in [7, 11) is 0. The predicted molar refractivity (Wildman–Crippen MR) is 94.4 cm³/mol. The Hall–Kier alpha value is -2.70. The van der Waals surface area contributed by atoms with Crippen LogP contribution in [-0.4, -0.2) is 48.6 Å². The molecule has 0 aromatic carbocycles. The molecule has 0 saturated carbocycles. The number of amides is 1. The summed E-state index contributed by atoms with van der Waals surface area (Å²) in [6, 6.07) is 2.34. The molecule has 0 radical (unpaired) electrons. The molecule has 7 nitrogen and oxygen atoms in total. The number of H-pyrrole nitrogens is 1. The first-order valence-electron chi connectivity index (χ1n) is 8.75. The SMILES string of the molecule is CC(C)n1cc(C(=O)N2CCC(c3cc4nccnc4[nH]3)CC2)cn1. The molecule has 25 heavy (non-hydrogen) atoms. The summed E-state index contributed by atoms with van der Waals surface area (Å²) >= 11 is 0. The number of carbonyl (C=O) groups is 1. The molecule has 0 atom stereocenters. The first kappa shape index (κ1) is 15.8. The Bertz CT molecular complexity index is 855. The third-order valence-electron chi connectivity index (χ3n) is 4.88. The zero-order valence-corrected chi connectivity index (χ0v) is 14.5. The van der Waals surface area contributed by atoms with Crippen LogP contribution in [0, 0.1) is 0 Å². The van der Waals surface area contributed by atoms with Gasteiger partial charge in [-0.25, -0.2) is 4.98 Å². The van der Waals surface area contributed by atoms with Crippen molar-refractivity contribution in [3.63, 3.8) is 0 Å². The van der Waals surface area contributed by atoms with E-state index in [2.05, 4.69) is 40.0 Å². The molecule has 0 spiro atoms. The molecule has 7 heteroatoms. The zero-order chi connectivity index (χ0) is 17.4. The van der Waals surface area contributed by atoms with E-state index in [1.807, 2.05) is 15.8 Å². The topological polar surface area (TPSA) is 79.7 Å². The number of carbonyl (C=O) groups excluding carboxylic acids is 1. The van der Waals surface area contributed by atoms with Crippen LogP contribution in [-0.2, 0) is 0 Å². The average Bonchev–Trinajstić information content (AvgIpc) is 3.28. The van der Waals surface area contributed by atoms with Gasteiger partial charge in [0.05, 0.1) is 11.8 Å². The molecule has 130 valence electrons. The maximum Gasteiger partial charge on any atom is 0.257 e. The minimum Gasteiger partial charge on any atom is -0.342 e. The highest BCUT2D eigenvalue weighted by Gasteiger charge is 2.26. The van der Waals surface area contributed by atoms with Crippen LogP contribution in [0.2, 0.25) is 0 Å². The standard InChI is InChI=1S/C18H22N6O/c1-12(2)24-11-14(10-21-24)18(25)23-7-3-13(4-8-23)15-9-16-17(22-15)20-6-5-19-16/h5-6,9-13H,3-4,7-8H2,1-2H3,(H,20,22). The molecule has 0 bridgehead atoms. The highest BCUT2D eigenvalue weighted by Crippen LogP contribution is 2.29. The van der Waals surface area contributed by atoms with Gasteiger partial charge in [0.1, 0.15) is 5.52 Å². The normalized spacial score (nSPS) is 16.0. The van der Waals surface area contributed by atoms with Crippen LogP contribution in [0.1, 0.15) is 54.7 Å². The van der Waals surface area contributed by atoms with Gasteiger partial charge in [0.15, 0.2) is 5.65 Å². The first-order valence-corrected chi connectivity index (χ1v) is 8.75. The van der Waals surface area contributed by atoms with Crippen molar-refractivity contribution in [3.05, 3.63) is 42.1 Å². The number of likely N-dealkylation sites (tertiary alicyclic amines) is 1. The van der Waals surface area contributed by atoms with E-state index in [-0.39, 0.29) is 11.9 Å². The van der Waals surface area contributed by atoms with Gasteiger partial charge >= 0.3 is 0 Å². The van der Waals surface area contributed by atoms with Gasteiger partial charge in [0.25, 0.3) is 5.91 Å². The van der Waals surface area contributed by atoms with Crippen LogP contribution >= 0.6 is 0 Å². The second-order valence-electron chi connectivity index (χ2n) is 6.88. The van der Waals surface area contributed by atoms with Crippen LogP contribution < -0.4 is 0 Å². The summed E-state index contributed by atoms with van der Waals surface area (Å²) in [5, 5.41) is 4.27. The van der Waals surface area contributed by atoms with Gasteiger partial charge < -0.3 is 9.88 Å². The zero-order valence-electron chi connectivity index (χ0n) is 14.5. The van der Waals surface area contributed by atoms with E-state index in [0.29, 0.717) is 11.5 Å². The Labute approximate surface area is 146 Å². The Morgan fingerprint density at radius 1 is 1.24 bits per heavy atom. The number of hydrogen-bond donors (Lipinski definition) is 1. The fourth-order valence-electron chi connectivity index (χ4n) is 3.40. The average molecular weight is 338 g/mol. The van der Waals surface area contributed by atoms with Gasteiger partial charge in [-0.1, -0.05) is 0 Å². The van der Waals surface area contributed by atoms with Crippen molar-refractivity contribution >= 4 is 17.1 Å². The van der Waals surface area contributed by atoms with Crippen molar-refractivity contribution in [2.75, 3.05) is 13.1 Å². The van der Waals surface area contributed by atoms with Crippen LogP contribution in [0.25, 0.3) is 11.2 Å². The van der Waals surface area contributed by atoms with E-state index in [1.54, 1.807) is 18.6 Å². The van der Waals surface area contributed by atoms with E-state index in [4.69, 9.17) is 0 Å². The highest BCUT2D eigenvalue weighted by atomic mass is 16.2. The van der Waals surface area contributed by atoms with Gasteiger partial charge in [-0.3, -0.25) is 14.5 Å². The molecule has 3 aromatic rings. The lowest BCUT2D eigenvalue weighted by molar-refractivity contribution is 0.0712. The van der Waals surface area contributed by atoms with Crippen molar-refractivity contribution in [1.82, 2.24) is 29.6 Å². The van der Waals surface area contributed by atoms with Gasteiger partial charge in [0.2, 0.25) is 0 Å². The summed E-state index contributed by atoms with van der Waals surface area (Å²) in [6.07, 6.45) is 8.80. The third-order valence-corrected chi connectivity index (χ3v) is 4.88. The molecule has 1 aliphatic heterocycles. The number of nitrogens with one attached hydrogen (secondary N) is 1. The van der Waals surface area contributed by atoms with E-state index in [1.165, 1.54) is 5.69 Å². The maximum absolute atomic E-state index is 12.7. The summed E-state index contributed by atoms with van der Waals surface area (Å²) in [6.45, 7) is 5.62. The van der Waals surface area contributed by atoms with Gasteiger partial charge in [0, 0.05) is 49.3 Å². The molecule has 4 heterocycles. The van der Waals surface area contributed by atoms with Crippen molar-refractivity contribution < 1.29 is 4.79 Å². The number of aromatic nitrogens is 5. The monoisotopic (exact) mass is 338 g/mol. The first-order chi connectivity index (χ1) is 12.1. The second kappa shape index (κ2) is 6.31. The summed E-state index contributed by atoms with van der Waals surface area (Å²) < 4.78 is 1.82. The third kappa shape index (κ3) is 3.01. The Morgan fingerprint density at radius 3 is 2.68 bits per heavy atom. The molecule has 1 fully saturated rings. The van der Waals surface area contributed by atoms with E-state index in [0.717, 1.165) is 37.1 Å². The lowest BCUT2D eigenvalue weighted by Gasteiger charge is -2.31. The van der Waals surface area contributed by atoms with Gasteiger partial charge in [-0.2, -0.15) is 5.10 Å². The van der Waals surface area contributed by atoms with E-state index < -0.39 is 0 Å². The van der Waals surface area contributed by atoms with Crippen molar-refractivity contribution in [1.29, 1.82) is 0 Å². The number of piperidine rings is 1. The van der Waals surface area contributed by atoms with E-state index >= 15 is 0 Å². The van der Waals surface area contributed by atoms with Gasteiger partial charge in [-0.15, -0.1) is 0 Å². The number of hydrogen-bond acceptors (Lipinski definition) is 4. The number of fused-ring (bicyclic) bond motifs is 1. The number of rotatable bonds is 3. The van der Waals surface area contributed by atoms with Gasteiger partial charge in [-0.05, 0) is 32.8 Å². The Kier molecular flexibility index (Phi) is 3.99. The fourth-order valence-corrected chi connectivity index (χ4v) is 3.40. The Balaban J connectivity index is 1.42. The molecule has 1 saturated heterocycles. The molecule has 3 aromatic heterocycles. The molecular formula is C18H22N6O. The quantitative estimate of drug-likeness (QED) is 0.796. The van der Waals surface area contributed by atoms with Crippen molar-refractivity contribution in [2.24, 2.45) is 0 Å². The van der Waals surface area contributed by atoms with Crippen LogP contribution in [0.4, 0.5) is 0 Å². The second-order valence-corrected chi connectivity index (χ2v) is 6.88. The molecule has 1 amide bonds. The molecule has 4 rings (SSSR count). The molecule has 0 unspecified atom stereocenters. The molecule has 0 aliphatic carbocycles. The summed E-state index contributed by atoms with van der Waals surface area (Å²) in [4.78, 5) is 26.6. The van der Waals surface area contributed by atoms with Crippen molar-refractivity contribution in [2.45, 2.75) is 38.6 Å². The van der Waals surface area contributed by atoms with Crippen LogP contribution in [0.15, 0.2) is 30.9 Å². The number of aromatic amines is 1. The maximum atomic E-state index is 12.7. The smallest absolute Gasteiger partial charge is 0.257 e. The molecule has 1 N–H and O–H groups in total. The molecule has 1 aliphatic rings. The highest BCUT2D eigenvalue weighted by molar-refractivity contribution is 5.93.